The molecular weight excluding hydrogens is 267 g/mol. The average Bonchev–Trinajstić information content (AvgIpc) is 2.36. The van der Waals surface area contributed by atoms with E-state index in [0.29, 0.717) is 22.0 Å². The van der Waals surface area contributed by atoms with E-state index in [1.807, 2.05) is 6.92 Å². The van der Waals surface area contributed by atoms with Crippen LogP contribution < -0.4 is 11.1 Å². The number of carbonyl (C=O) groups excluding carboxylic acids is 1. The lowest BCUT2D eigenvalue weighted by Gasteiger charge is -2.10. The number of nitrogens with one attached hydrogen (secondary N) is 1. The van der Waals surface area contributed by atoms with Gasteiger partial charge in [-0.15, -0.1) is 0 Å². The zero-order valence-corrected chi connectivity index (χ0v) is 11.0. The van der Waals surface area contributed by atoms with Crippen LogP contribution in [0.5, 0.6) is 0 Å². The van der Waals surface area contributed by atoms with Crippen LogP contribution in [0.15, 0.2) is 36.4 Å². The lowest BCUT2D eigenvalue weighted by Crippen LogP contribution is -2.13. The number of carbonyl (C=O) groups is 1. The molecule has 2 aromatic carbocycles. The summed E-state index contributed by atoms with van der Waals surface area (Å²) in [5.74, 6) is -0.716. The number of hydrogen-bond acceptors (Lipinski definition) is 2. The summed E-state index contributed by atoms with van der Waals surface area (Å²) in [4.78, 5) is 12.0. The van der Waals surface area contributed by atoms with E-state index in [2.05, 4.69) is 5.32 Å². The fourth-order valence-corrected chi connectivity index (χ4v) is 1.80. The number of nitrogen functional groups attached to an aromatic ring is 1. The van der Waals surface area contributed by atoms with Crippen molar-refractivity contribution < 1.29 is 9.18 Å². The standard InChI is InChI=1S/C14H12ClFN2O/c1-8-6-12(17)11(15)7-13(8)18-14(19)9-2-4-10(16)5-3-9/h2-7H,17H2,1H3,(H,18,19). The van der Waals surface area contributed by atoms with E-state index in [4.69, 9.17) is 17.3 Å². The maximum atomic E-state index is 12.8. The molecule has 2 rings (SSSR count). The molecule has 3 nitrogen and oxygen atoms in total. The highest BCUT2D eigenvalue weighted by molar-refractivity contribution is 6.33. The Bertz CT molecular complexity index is 626. The first-order chi connectivity index (χ1) is 8.97. The summed E-state index contributed by atoms with van der Waals surface area (Å²) in [7, 11) is 0. The minimum absolute atomic E-state index is 0.330. The SMILES string of the molecule is Cc1cc(N)c(Cl)cc1NC(=O)c1ccc(F)cc1. The Morgan fingerprint density at radius 1 is 1.26 bits per heavy atom. The highest BCUT2D eigenvalue weighted by atomic mass is 35.5. The maximum absolute atomic E-state index is 12.8. The van der Waals surface area contributed by atoms with Crippen molar-refractivity contribution in [3.05, 3.63) is 58.4 Å². The van der Waals surface area contributed by atoms with Crippen molar-refractivity contribution >= 4 is 28.9 Å². The molecule has 0 saturated heterocycles. The lowest BCUT2D eigenvalue weighted by molar-refractivity contribution is 0.102. The molecular formula is C14H12ClFN2O. The number of benzene rings is 2. The van der Waals surface area contributed by atoms with Gasteiger partial charge in [-0.2, -0.15) is 0 Å². The molecule has 2 aromatic rings. The van der Waals surface area contributed by atoms with Gasteiger partial charge in [0.25, 0.3) is 5.91 Å². The van der Waals surface area contributed by atoms with E-state index in [-0.39, 0.29) is 11.7 Å². The van der Waals surface area contributed by atoms with Crippen molar-refractivity contribution in [2.24, 2.45) is 0 Å². The predicted molar refractivity (Wildman–Crippen MR) is 75.0 cm³/mol. The van der Waals surface area contributed by atoms with E-state index in [1.165, 1.54) is 24.3 Å². The molecule has 0 aliphatic carbocycles. The van der Waals surface area contributed by atoms with Crippen molar-refractivity contribution in [2.45, 2.75) is 6.92 Å². The highest BCUT2D eigenvalue weighted by Crippen LogP contribution is 2.27. The number of amides is 1. The number of nitrogens with two attached hydrogens (primary N) is 1. The van der Waals surface area contributed by atoms with E-state index in [1.54, 1.807) is 12.1 Å². The number of halogens is 2. The molecule has 19 heavy (non-hydrogen) atoms. The number of hydrogen-bond donors (Lipinski definition) is 2. The topological polar surface area (TPSA) is 55.1 Å². The molecule has 0 atom stereocenters. The third kappa shape index (κ3) is 3.03. The van der Waals surface area contributed by atoms with Crippen LogP contribution in [-0.4, -0.2) is 5.91 Å². The summed E-state index contributed by atoms with van der Waals surface area (Å²) in [6.07, 6.45) is 0. The second-order valence-electron chi connectivity index (χ2n) is 4.15. The minimum Gasteiger partial charge on any atom is -0.398 e. The van der Waals surface area contributed by atoms with Gasteiger partial charge in [-0.1, -0.05) is 11.6 Å². The van der Waals surface area contributed by atoms with Crippen LogP contribution >= 0.6 is 11.6 Å². The van der Waals surface area contributed by atoms with Gasteiger partial charge >= 0.3 is 0 Å². The maximum Gasteiger partial charge on any atom is 0.255 e. The summed E-state index contributed by atoms with van der Waals surface area (Å²) in [5, 5.41) is 3.09. The van der Waals surface area contributed by atoms with Crippen LogP contribution in [0, 0.1) is 12.7 Å². The van der Waals surface area contributed by atoms with Crippen molar-refractivity contribution in [3.8, 4) is 0 Å². The third-order valence-corrected chi connectivity index (χ3v) is 3.03. The van der Waals surface area contributed by atoms with Crippen LogP contribution in [0.1, 0.15) is 15.9 Å². The third-order valence-electron chi connectivity index (χ3n) is 2.70. The van der Waals surface area contributed by atoms with Crippen LogP contribution in [0.3, 0.4) is 0 Å². The smallest absolute Gasteiger partial charge is 0.255 e. The van der Waals surface area contributed by atoms with E-state index in [9.17, 15) is 9.18 Å². The Kier molecular flexibility index (Phi) is 3.71. The van der Waals surface area contributed by atoms with E-state index in [0.717, 1.165) is 5.56 Å². The second kappa shape index (κ2) is 5.28. The first kappa shape index (κ1) is 13.4. The lowest BCUT2D eigenvalue weighted by atomic mass is 10.1. The molecule has 0 fully saturated rings. The van der Waals surface area contributed by atoms with Gasteiger partial charge in [-0.3, -0.25) is 4.79 Å². The van der Waals surface area contributed by atoms with Gasteiger partial charge in [0.05, 0.1) is 10.7 Å². The van der Waals surface area contributed by atoms with Gasteiger partial charge in [-0.25, -0.2) is 4.39 Å². The molecule has 1 amide bonds. The summed E-state index contributed by atoms with van der Waals surface area (Å²) in [5.41, 5.74) is 7.87. The first-order valence-electron chi connectivity index (χ1n) is 5.60. The Labute approximate surface area is 115 Å². The normalized spacial score (nSPS) is 10.3. The van der Waals surface area contributed by atoms with Gasteiger partial charge in [0.15, 0.2) is 0 Å². The molecule has 98 valence electrons. The molecule has 0 aliphatic rings. The highest BCUT2D eigenvalue weighted by Gasteiger charge is 2.09. The Morgan fingerprint density at radius 3 is 2.53 bits per heavy atom. The van der Waals surface area contributed by atoms with Gasteiger partial charge in [0, 0.05) is 11.3 Å². The zero-order chi connectivity index (χ0) is 14.0. The fraction of sp³-hybridized carbons (Fsp3) is 0.0714. The van der Waals surface area contributed by atoms with Crippen molar-refractivity contribution in [2.75, 3.05) is 11.1 Å². The molecule has 0 heterocycles. The first-order valence-corrected chi connectivity index (χ1v) is 5.97. The molecule has 0 aliphatic heterocycles. The van der Waals surface area contributed by atoms with Crippen molar-refractivity contribution in [1.82, 2.24) is 0 Å². The van der Waals surface area contributed by atoms with Crippen LogP contribution in [-0.2, 0) is 0 Å². The molecule has 0 saturated carbocycles. The molecule has 3 N–H and O–H groups in total. The fourth-order valence-electron chi connectivity index (χ4n) is 1.63. The molecule has 0 unspecified atom stereocenters. The summed E-state index contributed by atoms with van der Waals surface area (Å²) in [6.45, 7) is 1.81. The van der Waals surface area contributed by atoms with Crippen molar-refractivity contribution in [3.63, 3.8) is 0 Å². The zero-order valence-electron chi connectivity index (χ0n) is 10.2. The monoisotopic (exact) mass is 278 g/mol. The Morgan fingerprint density at radius 2 is 1.89 bits per heavy atom. The second-order valence-corrected chi connectivity index (χ2v) is 4.56. The molecule has 0 aromatic heterocycles. The molecule has 0 bridgehead atoms. The van der Waals surface area contributed by atoms with Gasteiger partial charge in [-0.05, 0) is 48.9 Å². The predicted octanol–water partition coefficient (Wildman–Crippen LogP) is 3.62. The number of anilines is 2. The number of aryl methyl sites for hydroxylation is 1. The Balaban J connectivity index is 2.24. The molecule has 0 spiro atoms. The van der Waals surface area contributed by atoms with E-state index >= 15 is 0 Å². The molecule has 5 heteroatoms. The van der Waals surface area contributed by atoms with Crippen molar-refractivity contribution in [1.29, 1.82) is 0 Å². The summed E-state index contributed by atoms with van der Waals surface area (Å²) < 4.78 is 12.8. The number of rotatable bonds is 2. The minimum atomic E-state index is -0.386. The van der Waals surface area contributed by atoms with Crippen LogP contribution in [0.4, 0.5) is 15.8 Å². The van der Waals surface area contributed by atoms with Crippen LogP contribution in [0.2, 0.25) is 5.02 Å². The van der Waals surface area contributed by atoms with Gasteiger partial charge in [0.1, 0.15) is 5.82 Å². The molecule has 0 radical (unpaired) electrons. The van der Waals surface area contributed by atoms with Gasteiger partial charge < -0.3 is 11.1 Å². The average molecular weight is 279 g/mol. The largest absolute Gasteiger partial charge is 0.398 e. The Hall–Kier alpha value is -2.07. The van der Waals surface area contributed by atoms with E-state index < -0.39 is 0 Å². The van der Waals surface area contributed by atoms with Crippen LogP contribution in [0.25, 0.3) is 0 Å². The summed E-state index contributed by atoms with van der Waals surface area (Å²) >= 11 is 5.91. The van der Waals surface area contributed by atoms with Gasteiger partial charge in [0.2, 0.25) is 0 Å². The quantitative estimate of drug-likeness (QED) is 0.824. The summed E-state index contributed by atoms with van der Waals surface area (Å²) in [6, 6.07) is 8.57.